The average molecular weight is 451 g/mol. The third-order valence-electron chi connectivity index (χ3n) is 4.88. The van der Waals surface area contributed by atoms with Crippen LogP contribution in [0.5, 0.6) is 5.75 Å². The van der Waals surface area contributed by atoms with Gasteiger partial charge in [-0.1, -0.05) is 42.1 Å². The Balaban J connectivity index is 1.53. The van der Waals surface area contributed by atoms with Crippen molar-refractivity contribution in [3.05, 3.63) is 70.4 Å². The average Bonchev–Trinajstić information content (AvgIpc) is 3.49. The molecular weight excluding hydrogens is 432 g/mol. The Hall–Kier alpha value is -3.24. The van der Waals surface area contributed by atoms with Gasteiger partial charge < -0.3 is 9.64 Å². The first kappa shape index (κ1) is 19.7. The number of benzene rings is 2. The van der Waals surface area contributed by atoms with E-state index in [9.17, 15) is 4.79 Å². The maximum atomic E-state index is 13.5. The van der Waals surface area contributed by atoms with Crippen molar-refractivity contribution in [3.8, 4) is 5.75 Å². The van der Waals surface area contributed by atoms with E-state index < -0.39 is 0 Å². The number of methoxy groups -OCH3 is 1. The number of fused-ring (bicyclic) bond motifs is 1. The molecule has 0 radical (unpaired) electrons. The predicted octanol–water partition coefficient (Wildman–Crippen LogP) is 3.99. The standard InChI is InChI=1S/C21H18N6O2S2/c1-26-15-10-14(29-2)8-9-16(15)30-19(26)17-18(28)27(11-13-6-4-3-5-7-13)21(31-17)24-20-22-12-23-25-20/h3-10,12H,11H2,1-2H3,(H,22,23,25)/b19-17-,24-21?. The molecule has 1 N–H and O–H groups in total. The number of amidine groups is 1. The maximum absolute atomic E-state index is 13.5. The molecule has 1 aromatic heterocycles. The molecule has 1 amide bonds. The Kier molecular flexibility index (Phi) is 5.16. The van der Waals surface area contributed by atoms with E-state index >= 15 is 0 Å². The summed E-state index contributed by atoms with van der Waals surface area (Å²) in [6.45, 7) is 0.422. The minimum atomic E-state index is -0.0822. The van der Waals surface area contributed by atoms with Crippen LogP contribution in [-0.2, 0) is 11.3 Å². The summed E-state index contributed by atoms with van der Waals surface area (Å²) < 4.78 is 5.36. The van der Waals surface area contributed by atoms with Crippen LogP contribution in [0.2, 0.25) is 0 Å². The number of ether oxygens (including phenoxy) is 1. The number of aromatic amines is 1. The molecule has 0 unspecified atom stereocenters. The number of carbonyl (C=O) groups is 1. The zero-order valence-corrected chi connectivity index (χ0v) is 18.4. The summed E-state index contributed by atoms with van der Waals surface area (Å²) in [6.07, 6.45) is 1.40. The fraction of sp³-hybridized carbons (Fsp3) is 0.143. The third-order valence-corrected chi connectivity index (χ3v) is 7.32. The second-order valence-electron chi connectivity index (χ2n) is 6.81. The number of nitrogens with zero attached hydrogens (tertiary/aromatic N) is 5. The normalized spacial score (nSPS) is 19.4. The van der Waals surface area contributed by atoms with Gasteiger partial charge in [-0.2, -0.15) is 15.1 Å². The molecule has 0 aliphatic carbocycles. The molecule has 2 aliphatic rings. The van der Waals surface area contributed by atoms with Gasteiger partial charge in [0.2, 0.25) is 5.95 Å². The van der Waals surface area contributed by atoms with Gasteiger partial charge in [-0.15, -0.1) is 0 Å². The van der Waals surface area contributed by atoms with Crippen LogP contribution < -0.4 is 9.64 Å². The number of carbonyl (C=O) groups excluding carboxylic acids is 1. The third kappa shape index (κ3) is 3.68. The second kappa shape index (κ2) is 8.12. The first-order chi connectivity index (χ1) is 15.1. The Bertz CT molecular complexity index is 1190. The highest BCUT2D eigenvalue weighted by molar-refractivity contribution is 8.19. The van der Waals surface area contributed by atoms with Crippen LogP contribution in [0, 0.1) is 0 Å². The highest BCUT2D eigenvalue weighted by Crippen LogP contribution is 2.51. The van der Waals surface area contributed by atoms with Crippen LogP contribution in [0.3, 0.4) is 0 Å². The zero-order valence-electron chi connectivity index (χ0n) is 16.8. The van der Waals surface area contributed by atoms with E-state index in [1.807, 2.05) is 60.5 Å². The number of hydrogen-bond acceptors (Lipinski definition) is 8. The van der Waals surface area contributed by atoms with Crippen LogP contribution in [-0.4, -0.2) is 45.3 Å². The van der Waals surface area contributed by atoms with E-state index in [-0.39, 0.29) is 5.91 Å². The van der Waals surface area contributed by atoms with Crippen molar-refractivity contribution in [1.29, 1.82) is 0 Å². The number of rotatable bonds is 4. The van der Waals surface area contributed by atoms with Crippen LogP contribution >= 0.6 is 23.5 Å². The van der Waals surface area contributed by atoms with Crippen LogP contribution in [0.1, 0.15) is 5.56 Å². The quantitative estimate of drug-likeness (QED) is 0.602. The van der Waals surface area contributed by atoms with Crippen LogP contribution in [0.15, 0.2) is 74.7 Å². The zero-order chi connectivity index (χ0) is 21.4. The molecule has 10 heteroatoms. The Morgan fingerprint density at radius 1 is 1.16 bits per heavy atom. The highest BCUT2D eigenvalue weighted by Gasteiger charge is 2.39. The van der Waals surface area contributed by atoms with Crippen molar-refractivity contribution in [2.75, 3.05) is 19.1 Å². The van der Waals surface area contributed by atoms with Crippen molar-refractivity contribution < 1.29 is 9.53 Å². The van der Waals surface area contributed by atoms with Gasteiger partial charge in [0.15, 0.2) is 5.17 Å². The largest absolute Gasteiger partial charge is 0.497 e. The molecule has 0 bridgehead atoms. The van der Waals surface area contributed by atoms with E-state index in [4.69, 9.17) is 4.74 Å². The van der Waals surface area contributed by atoms with Gasteiger partial charge in [0.1, 0.15) is 17.0 Å². The summed E-state index contributed by atoms with van der Waals surface area (Å²) in [5, 5.41) is 8.03. The van der Waals surface area contributed by atoms with Crippen molar-refractivity contribution >= 4 is 46.2 Å². The topological polar surface area (TPSA) is 86.7 Å². The number of aliphatic imine (C=N–C) groups is 1. The number of aromatic nitrogens is 3. The SMILES string of the molecule is COc1ccc2c(c1)N(C)/C(=C1/SC(=Nc3ncn[nH]3)N(Cc3ccccc3)C1=O)S2. The summed E-state index contributed by atoms with van der Waals surface area (Å²) in [4.78, 5) is 27.6. The summed E-state index contributed by atoms with van der Waals surface area (Å²) in [6, 6.07) is 15.8. The summed E-state index contributed by atoms with van der Waals surface area (Å²) >= 11 is 2.92. The van der Waals surface area contributed by atoms with Gasteiger partial charge >= 0.3 is 0 Å². The van der Waals surface area contributed by atoms with Crippen molar-refractivity contribution in [2.24, 2.45) is 4.99 Å². The molecule has 2 aromatic carbocycles. The lowest BCUT2D eigenvalue weighted by molar-refractivity contribution is -0.122. The molecule has 0 saturated carbocycles. The number of amides is 1. The van der Waals surface area contributed by atoms with Crippen LogP contribution in [0.4, 0.5) is 11.6 Å². The lowest BCUT2D eigenvalue weighted by atomic mass is 10.2. The monoisotopic (exact) mass is 450 g/mol. The molecule has 31 heavy (non-hydrogen) atoms. The van der Waals surface area contributed by atoms with E-state index in [1.165, 1.54) is 18.1 Å². The summed E-state index contributed by atoms with van der Waals surface area (Å²) in [5.41, 5.74) is 2.03. The van der Waals surface area contributed by atoms with E-state index in [2.05, 4.69) is 20.2 Å². The van der Waals surface area contributed by atoms with Gasteiger partial charge in [0.05, 0.1) is 24.4 Å². The summed E-state index contributed by atoms with van der Waals surface area (Å²) in [5.74, 6) is 1.06. The van der Waals surface area contributed by atoms with Crippen molar-refractivity contribution in [2.45, 2.75) is 11.4 Å². The lowest BCUT2D eigenvalue weighted by Gasteiger charge is -2.16. The first-order valence-corrected chi connectivity index (χ1v) is 11.1. The van der Waals surface area contributed by atoms with E-state index in [1.54, 1.807) is 23.8 Å². The second-order valence-corrected chi connectivity index (χ2v) is 8.82. The maximum Gasteiger partial charge on any atom is 0.269 e. The number of H-pyrrole nitrogens is 1. The van der Waals surface area contributed by atoms with Gasteiger partial charge in [-0.3, -0.25) is 9.69 Å². The van der Waals surface area contributed by atoms with E-state index in [0.29, 0.717) is 22.6 Å². The van der Waals surface area contributed by atoms with Crippen molar-refractivity contribution in [1.82, 2.24) is 20.1 Å². The Labute approximate surface area is 187 Å². The van der Waals surface area contributed by atoms with Gasteiger partial charge in [0, 0.05) is 18.0 Å². The molecule has 8 nitrogen and oxygen atoms in total. The number of thioether (sulfide) groups is 2. The molecular formula is C21H18N6O2S2. The molecule has 0 atom stereocenters. The molecule has 5 rings (SSSR count). The number of nitrogens with one attached hydrogen (secondary N) is 1. The lowest BCUT2D eigenvalue weighted by Crippen LogP contribution is -2.29. The highest BCUT2D eigenvalue weighted by atomic mass is 32.2. The summed E-state index contributed by atoms with van der Waals surface area (Å²) in [7, 11) is 3.61. The molecule has 1 saturated heterocycles. The molecule has 1 fully saturated rings. The Morgan fingerprint density at radius 3 is 2.74 bits per heavy atom. The van der Waals surface area contributed by atoms with Gasteiger partial charge in [0.25, 0.3) is 5.91 Å². The molecule has 0 spiro atoms. The predicted molar refractivity (Wildman–Crippen MR) is 122 cm³/mol. The molecule has 2 aliphatic heterocycles. The molecule has 156 valence electrons. The smallest absolute Gasteiger partial charge is 0.269 e. The van der Waals surface area contributed by atoms with Crippen molar-refractivity contribution in [3.63, 3.8) is 0 Å². The van der Waals surface area contributed by atoms with Crippen LogP contribution in [0.25, 0.3) is 0 Å². The number of anilines is 1. The minimum absolute atomic E-state index is 0.0822. The fourth-order valence-corrected chi connectivity index (χ4v) is 5.62. The van der Waals surface area contributed by atoms with Gasteiger partial charge in [-0.05, 0) is 29.5 Å². The number of hydrogen-bond donors (Lipinski definition) is 1. The van der Waals surface area contributed by atoms with Gasteiger partial charge in [-0.25, -0.2) is 5.10 Å². The minimum Gasteiger partial charge on any atom is -0.497 e. The first-order valence-electron chi connectivity index (χ1n) is 9.45. The van der Waals surface area contributed by atoms with E-state index in [0.717, 1.165) is 26.9 Å². The molecule has 3 heterocycles. The Morgan fingerprint density at radius 2 is 2.00 bits per heavy atom. The molecule has 3 aromatic rings. The fourth-order valence-electron chi connectivity index (χ4n) is 3.32.